The summed E-state index contributed by atoms with van der Waals surface area (Å²) in [6, 6.07) is 0. The van der Waals surface area contributed by atoms with Crippen LogP contribution in [0, 0.1) is 0 Å². The Kier molecular flexibility index (Phi) is 4.34. The smallest absolute Gasteiger partial charge is 0.185 e. The van der Waals surface area contributed by atoms with Crippen molar-refractivity contribution < 1.29 is 21.6 Å². The molecule has 0 unspecified atom stereocenters. The van der Waals surface area contributed by atoms with E-state index in [0.717, 1.165) is 12.5 Å². The van der Waals surface area contributed by atoms with Crippen LogP contribution in [-0.2, 0) is 24.4 Å². The molecular formula is C6H14O5S2. The van der Waals surface area contributed by atoms with Crippen molar-refractivity contribution in [3.8, 4) is 0 Å². The minimum absolute atomic E-state index is 0.293. The topological polar surface area (TPSA) is 77.5 Å². The van der Waals surface area contributed by atoms with Gasteiger partial charge in [0.2, 0.25) is 0 Å². The van der Waals surface area contributed by atoms with Crippen LogP contribution in [0.2, 0.25) is 0 Å². The lowest BCUT2D eigenvalue weighted by atomic mass is 10.8. The Balaban J connectivity index is 4.81. The van der Waals surface area contributed by atoms with E-state index in [1.807, 2.05) is 0 Å². The van der Waals surface area contributed by atoms with Crippen LogP contribution < -0.4 is 0 Å². The third-order valence-electron chi connectivity index (χ3n) is 1.41. The van der Waals surface area contributed by atoms with Crippen LogP contribution in [0.25, 0.3) is 0 Å². The van der Waals surface area contributed by atoms with Crippen molar-refractivity contribution in [1.29, 1.82) is 0 Å². The first kappa shape index (κ1) is 12.9. The van der Waals surface area contributed by atoms with Crippen LogP contribution in [0.5, 0.6) is 0 Å². The fourth-order valence-electron chi connectivity index (χ4n) is 0.779. The molecule has 0 aliphatic heterocycles. The Morgan fingerprint density at radius 2 is 1.46 bits per heavy atom. The van der Waals surface area contributed by atoms with E-state index < -0.39 is 24.3 Å². The molecule has 0 bridgehead atoms. The average Bonchev–Trinajstić information content (AvgIpc) is 1.81. The van der Waals surface area contributed by atoms with Gasteiger partial charge in [0.25, 0.3) is 0 Å². The minimum Gasteiger partial charge on any atom is -0.379 e. The lowest BCUT2D eigenvalue weighted by Crippen LogP contribution is -2.33. The third kappa shape index (κ3) is 4.58. The van der Waals surface area contributed by atoms with Crippen LogP contribution in [0.4, 0.5) is 0 Å². The Labute approximate surface area is 78.9 Å². The van der Waals surface area contributed by atoms with E-state index in [4.69, 9.17) is 4.74 Å². The zero-order chi connectivity index (χ0) is 10.7. The minimum atomic E-state index is -3.61. The fourth-order valence-corrected chi connectivity index (χ4v) is 4.01. The summed E-state index contributed by atoms with van der Waals surface area (Å²) in [5.41, 5.74) is 0. The summed E-state index contributed by atoms with van der Waals surface area (Å²) in [7, 11) is -7.22. The Hall–Kier alpha value is -0.140. The van der Waals surface area contributed by atoms with E-state index in [1.54, 1.807) is 6.92 Å². The number of hydrogen-bond acceptors (Lipinski definition) is 5. The summed E-state index contributed by atoms with van der Waals surface area (Å²) in [6.45, 7) is 1.66. The zero-order valence-electron chi connectivity index (χ0n) is 7.85. The van der Waals surface area contributed by atoms with Gasteiger partial charge < -0.3 is 4.74 Å². The maximum atomic E-state index is 11.0. The molecule has 5 nitrogen and oxygen atoms in total. The van der Waals surface area contributed by atoms with Gasteiger partial charge in [-0.1, -0.05) is 0 Å². The van der Waals surface area contributed by atoms with Gasteiger partial charge in [-0.3, -0.25) is 0 Å². The van der Waals surface area contributed by atoms with Gasteiger partial charge in [0.05, 0.1) is 6.61 Å². The lowest BCUT2D eigenvalue weighted by molar-refractivity contribution is 0.158. The second-order valence-corrected chi connectivity index (χ2v) is 7.50. The molecule has 0 atom stereocenters. The van der Waals surface area contributed by atoms with Gasteiger partial charge in [-0.2, -0.15) is 0 Å². The van der Waals surface area contributed by atoms with Crippen LogP contribution in [0.1, 0.15) is 6.92 Å². The van der Waals surface area contributed by atoms with E-state index in [2.05, 4.69) is 0 Å². The highest BCUT2D eigenvalue weighted by atomic mass is 32.3. The van der Waals surface area contributed by atoms with Crippen molar-refractivity contribution in [3.05, 3.63) is 0 Å². The predicted octanol–water partition coefficient (Wildman–Crippen LogP) is -0.562. The Morgan fingerprint density at radius 1 is 1.08 bits per heavy atom. The molecule has 7 heteroatoms. The van der Waals surface area contributed by atoms with E-state index in [0.29, 0.717) is 6.61 Å². The predicted molar refractivity (Wildman–Crippen MR) is 50.0 cm³/mol. The molecule has 0 rings (SSSR count). The number of rotatable bonds is 5. The maximum absolute atomic E-state index is 11.0. The molecule has 0 amide bonds. The van der Waals surface area contributed by atoms with E-state index in [1.165, 1.54) is 0 Å². The highest BCUT2D eigenvalue weighted by Gasteiger charge is 2.31. The molecule has 13 heavy (non-hydrogen) atoms. The van der Waals surface area contributed by atoms with E-state index in [9.17, 15) is 16.8 Å². The molecule has 0 aliphatic carbocycles. The molecule has 0 fully saturated rings. The molecule has 0 aromatic carbocycles. The second-order valence-electron chi connectivity index (χ2n) is 2.75. The highest BCUT2D eigenvalue weighted by molar-refractivity contribution is 8.08. The molecule has 0 saturated heterocycles. The van der Waals surface area contributed by atoms with Crippen LogP contribution in [0.3, 0.4) is 0 Å². The van der Waals surface area contributed by atoms with Gasteiger partial charge in [0, 0.05) is 19.1 Å². The number of ether oxygens (including phenoxy) is 1. The average molecular weight is 230 g/mol. The van der Waals surface area contributed by atoms with Gasteiger partial charge in [-0.15, -0.1) is 0 Å². The standard InChI is InChI=1S/C6H14O5S2/c1-4-11-5-6(12(2,7)8)13(3,9)10/h6H,4-5H2,1-3H3. The van der Waals surface area contributed by atoms with Crippen molar-refractivity contribution in [2.45, 2.75) is 11.5 Å². The molecule has 0 aliphatic rings. The second kappa shape index (κ2) is 4.39. The molecule has 0 heterocycles. The van der Waals surface area contributed by atoms with Crippen LogP contribution in [0.15, 0.2) is 0 Å². The van der Waals surface area contributed by atoms with Crippen molar-refractivity contribution >= 4 is 19.7 Å². The lowest BCUT2D eigenvalue weighted by Gasteiger charge is -2.12. The molecule has 0 radical (unpaired) electrons. The molecular weight excluding hydrogens is 216 g/mol. The first-order valence-electron chi connectivity index (χ1n) is 3.65. The number of hydrogen-bond donors (Lipinski definition) is 0. The SMILES string of the molecule is CCOCC(S(C)(=O)=O)S(C)(=O)=O. The Bertz CT molecular complexity index is 307. The summed E-state index contributed by atoms with van der Waals surface area (Å²) in [5.74, 6) is 0. The first-order valence-corrected chi connectivity index (χ1v) is 7.56. The Morgan fingerprint density at radius 3 is 1.69 bits per heavy atom. The summed E-state index contributed by atoms with van der Waals surface area (Å²) < 4.78 is 47.4. The summed E-state index contributed by atoms with van der Waals surface area (Å²) in [5, 5.41) is 0. The van der Waals surface area contributed by atoms with Crippen LogP contribution in [-0.4, -0.2) is 47.1 Å². The molecule has 0 N–H and O–H groups in total. The first-order chi connectivity index (χ1) is 5.69. The van der Waals surface area contributed by atoms with Gasteiger partial charge in [0.1, 0.15) is 0 Å². The maximum Gasteiger partial charge on any atom is 0.185 e. The molecule has 0 aromatic rings. The quantitative estimate of drug-likeness (QED) is 0.632. The summed E-state index contributed by atoms with van der Waals surface area (Å²) in [4.78, 5) is 0. The van der Waals surface area contributed by atoms with Gasteiger partial charge in [-0.05, 0) is 6.92 Å². The highest BCUT2D eigenvalue weighted by Crippen LogP contribution is 2.07. The number of sulfone groups is 2. The molecule has 0 aromatic heterocycles. The molecule has 80 valence electrons. The van der Waals surface area contributed by atoms with Crippen molar-refractivity contribution in [2.24, 2.45) is 0 Å². The molecule has 0 spiro atoms. The zero-order valence-corrected chi connectivity index (χ0v) is 9.48. The van der Waals surface area contributed by atoms with Crippen molar-refractivity contribution in [2.75, 3.05) is 25.7 Å². The summed E-state index contributed by atoms with van der Waals surface area (Å²) in [6.07, 6.45) is 1.77. The van der Waals surface area contributed by atoms with E-state index in [-0.39, 0.29) is 6.61 Å². The van der Waals surface area contributed by atoms with Gasteiger partial charge in [-0.25, -0.2) is 16.8 Å². The molecule has 0 saturated carbocycles. The summed E-state index contributed by atoms with van der Waals surface area (Å²) >= 11 is 0. The third-order valence-corrected chi connectivity index (χ3v) is 5.69. The largest absolute Gasteiger partial charge is 0.379 e. The van der Waals surface area contributed by atoms with Crippen molar-refractivity contribution in [1.82, 2.24) is 0 Å². The van der Waals surface area contributed by atoms with Crippen LogP contribution >= 0.6 is 0 Å². The normalized spacial score (nSPS) is 13.5. The van der Waals surface area contributed by atoms with Gasteiger partial charge >= 0.3 is 0 Å². The monoisotopic (exact) mass is 230 g/mol. The van der Waals surface area contributed by atoms with E-state index >= 15 is 0 Å². The van der Waals surface area contributed by atoms with Gasteiger partial charge in [0.15, 0.2) is 24.3 Å². The van der Waals surface area contributed by atoms with Crippen molar-refractivity contribution in [3.63, 3.8) is 0 Å². The fraction of sp³-hybridized carbons (Fsp3) is 1.00.